The number of aryl methyl sites for hydroxylation is 1. The molecular formula is C17H21BrN2. The topological polar surface area (TPSA) is 24.9 Å². The second-order valence-electron chi connectivity index (χ2n) is 5.11. The molecule has 0 bridgehead atoms. The highest BCUT2D eigenvalue weighted by molar-refractivity contribution is 9.10. The van der Waals surface area contributed by atoms with Crippen molar-refractivity contribution in [3.63, 3.8) is 0 Å². The van der Waals surface area contributed by atoms with E-state index in [9.17, 15) is 0 Å². The number of aromatic nitrogens is 1. The van der Waals surface area contributed by atoms with Gasteiger partial charge >= 0.3 is 0 Å². The lowest BCUT2D eigenvalue weighted by Crippen LogP contribution is -2.26. The molecule has 1 N–H and O–H groups in total. The SMILES string of the molecule is CCNC(c1ccc(Br)cc1C)C(C)c1ccncc1. The number of nitrogens with one attached hydrogen (secondary N) is 1. The smallest absolute Gasteiger partial charge is 0.0389 e. The lowest BCUT2D eigenvalue weighted by molar-refractivity contribution is 0.477. The fourth-order valence-corrected chi connectivity index (χ4v) is 3.10. The average Bonchev–Trinajstić information content (AvgIpc) is 2.46. The summed E-state index contributed by atoms with van der Waals surface area (Å²) in [6.45, 7) is 7.55. The van der Waals surface area contributed by atoms with Crippen LogP contribution in [0.2, 0.25) is 0 Å². The zero-order valence-corrected chi connectivity index (χ0v) is 13.8. The predicted octanol–water partition coefficient (Wildman–Crippen LogP) is 4.61. The van der Waals surface area contributed by atoms with Crippen molar-refractivity contribution in [3.05, 3.63) is 63.9 Å². The van der Waals surface area contributed by atoms with Crippen molar-refractivity contribution in [2.24, 2.45) is 0 Å². The Labute approximate surface area is 129 Å². The molecule has 0 aliphatic carbocycles. The molecule has 2 atom stereocenters. The predicted molar refractivity (Wildman–Crippen MR) is 87.9 cm³/mol. The molecule has 0 radical (unpaired) electrons. The van der Waals surface area contributed by atoms with E-state index in [2.05, 4.69) is 77.3 Å². The van der Waals surface area contributed by atoms with Gasteiger partial charge in [-0.25, -0.2) is 0 Å². The number of hydrogen-bond acceptors (Lipinski definition) is 2. The maximum atomic E-state index is 4.11. The minimum Gasteiger partial charge on any atom is -0.310 e. The first-order valence-electron chi connectivity index (χ1n) is 7.02. The van der Waals surface area contributed by atoms with Crippen LogP contribution in [0.15, 0.2) is 47.2 Å². The van der Waals surface area contributed by atoms with Crippen LogP contribution in [0.4, 0.5) is 0 Å². The van der Waals surface area contributed by atoms with E-state index in [1.165, 1.54) is 16.7 Å². The lowest BCUT2D eigenvalue weighted by Gasteiger charge is -2.27. The van der Waals surface area contributed by atoms with E-state index in [1.54, 1.807) is 0 Å². The summed E-state index contributed by atoms with van der Waals surface area (Å²) < 4.78 is 1.13. The van der Waals surface area contributed by atoms with Gasteiger partial charge in [-0.1, -0.05) is 35.8 Å². The van der Waals surface area contributed by atoms with Gasteiger partial charge in [0.2, 0.25) is 0 Å². The van der Waals surface area contributed by atoms with Gasteiger partial charge in [-0.05, 0) is 54.4 Å². The molecule has 106 valence electrons. The first-order chi connectivity index (χ1) is 9.63. The number of hydrogen-bond donors (Lipinski definition) is 1. The number of rotatable bonds is 5. The van der Waals surface area contributed by atoms with Crippen molar-refractivity contribution in [1.29, 1.82) is 0 Å². The molecule has 2 nitrogen and oxygen atoms in total. The Morgan fingerprint density at radius 1 is 1.20 bits per heavy atom. The normalized spacial score (nSPS) is 14.0. The van der Waals surface area contributed by atoms with Crippen LogP contribution in [0.5, 0.6) is 0 Å². The van der Waals surface area contributed by atoms with E-state index in [0.717, 1.165) is 11.0 Å². The van der Waals surface area contributed by atoms with Crippen molar-refractivity contribution >= 4 is 15.9 Å². The van der Waals surface area contributed by atoms with E-state index in [1.807, 2.05) is 12.4 Å². The maximum absolute atomic E-state index is 4.11. The Bertz CT molecular complexity index is 554. The first-order valence-corrected chi connectivity index (χ1v) is 7.82. The van der Waals surface area contributed by atoms with Crippen molar-refractivity contribution in [2.75, 3.05) is 6.54 Å². The molecule has 0 amide bonds. The van der Waals surface area contributed by atoms with E-state index < -0.39 is 0 Å². The largest absolute Gasteiger partial charge is 0.310 e. The van der Waals surface area contributed by atoms with E-state index in [0.29, 0.717) is 12.0 Å². The summed E-state index contributed by atoms with van der Waals surface area (Å²) in [5, 5.41) is 3.62. The highest BCUT2D eigenvalue weighted by atomic mass is 79.9. The monoisotopic (exact) mass is 332 g/mol. The number of benzene rings is 1. The van der Waals surface area contributed by atoms with Gasteiger partial charge in [0.15, 0.2) is 0 Å². The van der Waals surface area contributed by atoms with Gasteiger partial charge in [-0.3, -0.25) is 4.98 Å². The zero-order chi connectivity index (χ0) is 14.5. The third kappa shape index (κ3) is 3.47. The second-order valence-corrected chi connectivity index (χ2v) is 6.02. The van der Waals surface area contributed by atoms with Gasteiger partial charge in [0.25, 0.3) is 0 Å². The number of pyridine rings is 1. The minimum atomic E-state index is 0.315. The zero-order valence-electron chi connectivity index (χ0n) is 12.2. The number of nitrogens with zero attached hydrogens (tertiary/aromatic N) is 1. The minimum absolute atomic E-state index is 0.315. The molecule has 0 saturated heterocycles. The standard InChI is InChI=1S/C17H21BrN2/c1-4-20-17(13(3)14-7-9-19-10-8-14)16-6-5-15(18)11-12(16)2/h5-11,13,17,20H,4H2,1-3H3. The summed E-state index contributed by atoms with van der Waals surface area (Å²) in [6.07, 6.45) is 3.73. The Morgan fingerprint density at radius 3 is 2.50 bits per heavy atom. The third-order valence-electron chi connectivity index (χ3n) is 3.72. The summed E-state index contributed by atoms with van der Waals surface area (Å²) >= 11 is 3.54. The van der Waals surface area contributed by atoms with Crippen molar-refractivity contribution in [3.8, 4) is 0 Å². The number of likely N-dealkylation sites (N-methyl/N-ethyl adjacent to an activating group) is 1. The van der Waals surface area contributed by atoms with Crippen LogP contribution in [0.3, 0.4) is 0 Å². The summed E-state index contributed by atoms with van der Waals surface area (Å²) in [5.74, 6) is 0.401. The molecule has 0 fully saturated rings. The van der Waals surface area contributed by atoms with E-state index in [4.69, 9.17) is 0 Å². The molecule has 1 heterocycles. The molecule has 0 spiro atoms. The maximum Gasteiger partial charge on any atom is 0.0389 e. The van der Waals surface area contributed by atoms with Crippen LogP contribution in [-0.2, 0) is 0 Å². The molecule has 1 aromatic carbocycles. The van der Waals surface area contributed by atoms with Crippen LogP contribution >= 0.6 is 15.9 Å². The Morgan fingerprint density at radius 2 is 1.90 bits per heavy atom. The highest BCUT2D eigenvalue weighted by Crippen LogP contribution is 2.33. The van der Waals surface area contributed by atoms with Crippen LogP contribution in [-0.4, -0.2) is 11.5 Å². The van der Waals surface area contributed by atoms with Crippen LogP contribution < -0.4 is 5.32 Å². The molecule has 1 aromatic heterocycles. The van der Waals surface area contributed by atoms with Gasteiger partial charge in [0.05, 0.1) is 0 Å². The highest BCUT2D eigenvalue weighted by Gasteiger charge is 2.21. The summed E-state index contributed by atoms with van der Waals surface area (Å²) in [5.41, 5.74) is 3.99. The van der Waals surface area contributed by atoms with Crippen LogP contribution in [0.25, 0.3) is 0 Å². The first kappa shape index (κ1) is 15.2. The Kier molecular flexibility index (Phi) is 5.32. The molecular weight excluding hydrogens is 312 g/mol. The molecule has 20 heavy (non-hydrogen) atoms. The molecule has 0 saturated carbocycles. The van der Waals surface area contributed by atoms with Gasteiger partial charge in [0.1, 0.15) is 0 Å². The van der Waals surface area contributed by atoms with Crippen LogP contribution in [0, 0.1) is 6.92 Å². The molecule has 2 aromatic rings. The molecule has 0 aliphatic heterocycles. The number of halogens is 1. The molecule has 2 unspecified atom stereocenters. The molecule has 2 rings (SSSR count). The Hall–Kier alpha value is -1.19. The van der Waals surface area contributed by atoms with Gasteiger partial charge < -0.3 is 5.32 Å². The van der Waals surface area contributed by atoms with Crippen LogP contribution in [0.1, 0.15) is 42.5 Å². The molecule has 3 heteroatoms. The van der Waals surface area contributed by atoms with E-state index in [-0.39, 0.29) is 0 Å². The quantitative estimate of drug-likeness (QED) is 0.864. The fourth-order valence-electron chi connectivity index (χ4n) is 2.62. The van der Waals surface area contributed by atoms with Gasteiger partial charge in [0, 0.05) is 28.8 Å². The van der Waals surface area contributed by atoms with Crippen molar-refractivity contribution < 1.29 is 0 Å². The van der Waals surface area contributed by atoms with Crippen molar-refractivity contribution in [2.45, 2.75) is 32.7 Å². The molecule has 0 aliphatic rings. The van der Waals surface area contributed by atoms with Gasteiger partial charge in [-0.15, -0.1) is 0 Å². The lowest BCUT2D eigenvalue weighted by atomic mass is 9.87. The fraction of sp³-hybridized carbons (Fsp3) is 0.353. The second kappa shape index (κ2) is 7.00. The average molecular weight is 333 g/mol. The third-order valence-corrected chi connectivity index (χ3v) is 4.22. The summed E-state index contributed by atoms with van der Waals surface area (Å²) in [4.78, 5) is 4.11. The van der Waals surface area contributed by atoms with E-state index >= 15 is 0 Å². The summed E-state index contributed by atoms with van der Waals surface area (Å²) in [7, 11) is 0. The van der Waals surface area contributed by atoms with Gasteiger partial charge in [-0.2, -0.15) is 0 Å². The Balaban J connectivity index is 2.35. The van der Waals surface area contributed by atoms with Crippen molar-refractivity contribution in [1.82, 2.24) is 10.3 Å². The summed E-state index contributed by atoms with van der Waals surface area (Å²) in [6, 6.07) is 11.0.